The third kappa shape index (κ3) is 3.96. The minimum Gasteiger partial charge on any atom is -0.507 e. The molecule has 1 aliphatic rings. The van der Waals surface area contributed by atoms with Gasteiger partial charge in [0.2, 0.25) is 0 Å². The van der Waals surface area contributed by atoms with E-state index in [1.54, 1.807) is 12.1 Å². The van der Waals surface area contributed by atoms with E-state index < -0.39 is 0 Å². The molecule has 1 heterocycles. The second-order valence-electron chi connectivity index (χ2n) is 5.25. The molecule has 1 saturated heterocycles. The van der Waals surface area contributed by atoms with Crippen LogP contribution in [0.15, 0.2) is 22.7 Å². The van der Waals surface area contributed by atoms with E-state index in [2.05, 4.69) is 33.1 Å². The number of aromatic hydroxyl groups is 1. The van der Waals surface area contributed by atoms with E-state index in [9.17, 15) is 9.90 Å². The Hall–Kier alpha value is -1.07. The molecule has 0 saturated carbocycles. The molecule has 0 aliphatic carbocycles. The number of nitrogens with zero attached hydrogens (tertiary/aromatic N) is 1. The van der Waals surface area contributed by atoms with Crippen molar-refractivity contribution in [3.63, 3.8) is 0 Å². The number of rotatable bonds is 4. The van der Waals surface area contributed by atoms with Gasteiger partial charge in [0.05, 0.1) is 5.56 Å². The fourth-order valence-corrected chi connectivity index (χ4v) is 2.93. The smallest absolute Gasteiger partial charge is 0.255 e. The molecule has 4 nitrogen and oxygen atoms in total. The zero-order valence-corrected chi connectivity index (χ0v) is 13.3. The lowest BCUT2D eigenvalue weighted by Gasteiger charge is -2.32. The number of carbonyl (C=O) groups is 1. The highest BCUT2D eigenvalue weighted by molar-refractivity contribution is 9.10. The molecule has 1 aliphatic heterocycles. The Labute approximate surface area is 128 Å². The number of carbonyl (C=O) groups excluding carboxylic acids is 1. The fraction of sp³-hybridized carbons (Fsp3) is 0.533. The van der Waals surface area contributed by atoms with Crippen LogP contribution in [-0.2, 0) is 0 Å². The van der Waals surface area contributed by atoms with E-state index in [-0.39, 0.29) is 17.7 Å². The Morgan fingerprint density at radius 2 is 2.15 bits per heavy atom. The van der Waals surface area contributed by atoms with E-state index in [0.717, 1.165) is 36.9 Å². The van der Waals surface area contributed by atoms with Crippen molar-refractivity contribution in [1.29, 1.82) is 0 Å². The van der Waals surface area contributed by atoms with Gasteiger partial charge in [0.15, 0.2) is 0 Å². The Bertz CT molecular complexity index is 471. The quantitative estimate of drug-likeness (QED) is 0.886. The van der Waals surface area contributed by atoms with Crippen molar-refractivity contribution in [3.8, 4) is 5.75 Å². The van der Waals surface area contributed by atoms with Gasteiger partial charge in [-0.2, -0.15) is 0 Å². The van der Waals surface area contributed by atoms with Gasteiger partial charge in [-0.15, -0.1) is 0 Å². The van der Waals surface area contributed by atoms with Gasteiger partial charge in [-0.1, -0.05) is 22.9 Å². The molecule has 0 aromatic heterocycles. The van der Waals surface area contributed by atoms with E-state index in [4.69, 9.17) is 0 Å². The van der Waals surface area contributed by atoms with Gasteiger partial charge in [-0.25, -0.2) is 0 Å². The first-order chi connectivity index (χ1) is 9.60. The summed E-state index contributed by atoms with van der Waals surface area (Å²) in [6.45, 7) is 5.38. The molecule has 2 N–H and O–H groups in total. The summed E-state index contributed by atoms with van der Waals surface area (Å²) in [5.41, 5.74) is 0.329. The van der Waals surface area contributed by atoms with Gasteiger partial charge in [-0.05, 0) is 44.0 Å². The summed E-state index contributed by atoms with van der Waals surface area (Å²) < 4.78 is 0.790. The van der Waals surface area contributed by atoms with Crippen LogP contribution < -0.4 is 5.32 Å². The zero-order chi connectivity index (χ0) is 14.5. The zero-order valence-electron chi connectivity index (χ0n) is 11.7. The third-order valence-electron chi connectivity index (χ3n) is 3.67. The number of phenolic OH excluding ortho intramolecular Hbond substituents is 1. The second kappa shape index (κ2) is 7.09. The molecule has 0 radical (unpaired) electrons. The Morgan fingerprint density at radius 3 is 2.80 bits per heavy atom. The third-order valence-corrected chi connectivity index (χ3v) is 4.16. The average Bonchev–Trinajstić information content (AvgIpc) is 2.44. The SMILES string of the molecule is CCCN1CCC(NC(=O)c2cc(Br)ccc2O)CC1. The molecule has 0 atom stereocenters. The van der Waals surface area contributed by atoms with Crippen LogP contribution in [-0.4, -0.2) is 41.6 Å². The topological polar surface area (TPSA) is 52.6 Å². The summed E-state index contributed by atoms with van der Waals surface area (Å²) in [5, 5.41) is 12.8. The van der Waals surface area contributed by atoms with Crippen LogP contribution >= 0.6 is 15.9 Å². The average molecular weight is 341 g/mol. The van der Waals surface area contributed by atoms with E-state index in [1.165, 1.54) is 12.5 Å². The predicted molar refractivity (Wildman–Crippen MR) is 83.0 cm³/mol. The minimum absolute atomic E-state index is 0.0223. The number of hydrogen-bond donors (Lipinski definition) is 2. The predicted octanol–water partition coefficient (Wildman–Crippen LogP) is 2.76. The van der Waals surface area contributed by atoms with E-state index >= 15 is 0 Å². The summed E-state index contributed by atoms with van der Waals surface area (Å²) >= 11 is 3.32. The molecule has 110 valence electrons. The standard InChI is InChI=1S/C15H21BrN2O2/c1-2-7-18-8-5-12(6-9-18)17-15(20)13-10-11(16)3-4-14(13)19/h3-4,10,12,19H,2,5-9H2,1H3,(H,17,20). The molecule has 2 rings (SSSR count). The van der Waals surface area contributed by atoms with Crippen LogP contribution in [0.1, 0.15) is 36.5 Å². The maximum Gasteiger partial charge on any atom is 0.255 e. The monoisotopic (exact) mass is 340 g/mol. The Balaban J connectivity index is 1.91. The van der Waals surface area contributed by atoms with Crippen molar-refractivity contribution in [2.24, 2.45) is 0 Å². The second-order valence-corrected chi connectivity index (χ2v) is 6.17. The number of likely N-dealkylation sites (tertiary alicyclic amines) is 1. The summed E-state index contributed by atoms with van der Waals surface area (Å²) in [6, 6.07) is 5.10. The van der Waals surface area contributed by atoms with E-state index in [0.29, 0.717) is 5.56 Å². The first kappa shape index (κ1) is 15.3. The largest absolute Gasteiger partial charge is 0.507 e. The van der Waals surface area contributed by atoms with Crippen LogP contribution in [0.2, 0.25) is 0 Å². The number of phenols is 1. The normalized spacial score (nSPS) is 17.1. The van der Waals surface area contributed by atoms with Gasteiger partial charge >= 0.3 is 0 Å². The highest BCUT2D eigenvalue weighted by Crippen LogP contribution is 2.22. The molecule has 1 amide bonds. The Morgan fingerprint density at radius 1 is 1.45 bits per heavy atom. The maximum absolute atomic E-state index is 12.2. The molecule has 0 spiro atoms. The van der Waals surface area contributed by atoms with Crippen molar-refractivity contribution in [3.05, 3.63) is 28.2 Å². The van der Waals surface area contributed by atoms with Crippen LogP contribution in [0.3, 0.4) is 0 Å². The lowest BCUT2D eigenvalue weighted by atomic mass is 10.0. The molecular weight excluding hydrogens is 320 g/mol. The molecule has 0 bridgehead atoms. The van der Waals surface area contributed by atoms with Gasteiger partial charge in [0, 0.05) is 23.6 Å². The molecule has 0 unspecified atom stereocenters. The fourth-order valence-electron chi connectivity index (χ4n) is 2.57. The molecule has 1 aromatic carbocycles. The highest BCUT2D eigenvalue weighted by Gasteiger charge is 2.21. The number of amides is 1. The summed E-state index contributed by atoms with van der Waals surface area (Å²) in [4.78, 5) is 14.6. The maximum atomic E-state index is 12.2. The summed E-state index contributed by atoms with van der Waals surface area (Å²) in [5.74, 6) is -0.174. The Kier molecular flexibility index (Phi) is 5.43. The molecule has 1 aromatic rings. The van der Waals surface area contributed by atoms with Crippen molar-refractivity contribution in [2.75, 3.05) is 19.6 Å². The van der Waals surface area contributed by atoms with Gasteiger partial charge in [0.25, 0.3) is 5.91 Å². The van der Waals surface area contributed by atoms with Crippen LogP contribution in [0.5, 0.6) is 5.75 Å². The van der Waals surface area contributed by atoms with Gasteiger partial charge < -0.3 is 15.3 Å². The molecule has 5 heteroatoms. The van der Waals surface area contributed by atoms with Crippen LogP contribution in [0, 0.1) is 0 Å². The minimum atomic E-state index is -0.197. The summed E-state index contributed by atoms with van der Waals surface area (Å²) in [7, 11) is 0. The molecular formula is C15H21BrN2O2. The number of halogens is 1. The number of piperidine rings is 1. The van der Waals surface area contributed by atoms with Crippen LogP contribution in [0.4, 0.5) is 0 Å². The first-order valence-electron chi connectivity index (χ1n) is 7.12. The molecule has 1 fully saturated rings. The first-order valence-corrected chi connectivity index (χ1v) is 7.91. The van der Waals surface area contributed by atoms with E-state index in [1.807, 2.05) is 0 Å². The van der Waals surface area contributed by atoms with Crippen molar-refractivity contribution in [2.45, 2.75) is 32.2 Å². The number of benzene rings is 1. The van der Waals surface area contributed by atoms with Crippen molar-refractivity contribution < 1.29 is 9.90 Å². The van der Waals surface area contributed by atoms with Crippen molar-refractivity contribution in [1.82, 2.24) is 10.2 Å². The van der Waals surface area contributed by atoms with Crippen LogP contribution in [0.25, 0.3) is 0 Å². The summed E-state index contributed by atoms with van der Waals surface area (Å²) in [6.07, 6.45) is 3.12. The lowest BCUT2D eigenvalue weighted by molar-refractivity contribution is 0.0908. The number of nitrogens with one attached hydrogen (secondary N) is 1. The van der Waals surface area contributed by atoms with Gasteiger partial charge in [0.1, 0.15) is 5.75 Å². The molecule has 20 heavy (non-hydrogen) atoms. The highest BCUT2D eigenvalue weighted by atomic mass is 79.9. The van der Waals surface area contributed by atoms with Crippen molar-refractivity contribution >= 4 is 21.8 Å². The van der Waals surface area contributed by atoms with Gasteiger partial charge in [-0.3, -0.25) is 4.79 Å². The lowest BCUT2D eigenvalue weighted by Crippen LogP contribution is -2.44. The number of hydrogen-bond acceptors (Lipinski definition) is 3.